The fourth-order valence-corrected chi connectivity index (χ4v) is 0.974. The van der Waals surface area contributed by atoms with E-state index in [2.05, 4.69) is 0 Å². The molecule has 0 spiro atoms. The van der Waals surface area contributed by atoms with Gasteiger partial charge in [0.1, 0.15) is 0 Å². The third kappa shape index (κ3) is 4.13. The van der Waals surface area contributed by atoms with E-state index in [9.17, 15) is 4.79 Å². The largest absolute Gasteiger partial charge is 0.281 e. The number of hydrogen-bond acceptors (Lipinski definition) is 1. The van der Waals surface area contributed by atoms with Crippen LogP contribution in [0, 0.1) is 11.8 Å². The van der Waals surface area contributed by atoms with E-state index in [1.807, 2.05) is 13.8 Å². The molecule has 0 aliphatic carbocycles. The molecule has 0 aliphatic heterocycles. The average Bonchev–Trinajstić information content (AvgIpc) is 1.87. The Labute approximate surface area is 71.7 Å². The molecule has 0 radical (unpaired) electrons. The smallest absolute Gasteiger partial charge is 0.224 e. The van der Waals surface area contributed by atoms with Crippen LogP contribution < -0.4 is 0 Å². The molecular weight excluding hydrogens is 171 g/mol. The second kappa shape index (κ2) is 4.97. The van der Waals surface area contributed by atoms with Gasteiger partial charge in [0.05, 0.1) is 0 Å². The molecule has 0 aromatic carbocycles. The van der Waals surface area contributed by atoms with E-state index in [1.54, 1.807) is 0 Å². The third-order valence-corrected chi connectivity index (χ3v) is 2.31. The van der Waals surface area contributed by atoms with Crippen molar-refractivity contribution < 1.29 is 4.79 Å². The predicted octanol–water partition coefficient (Wildman–Crippen LogP) is 2.65. The Morgan fingerprint density at radius 1 is 1.50 bits per heavy atom. The summed E-state index contributed by atoms with van der Waals surface area (Å²) >= 11 is 10.8. The van der Waals surface area contributed by atoms with Crippen molar-refractivity contribution >= 4 is 28.4 Å². The predicted molar refractivity (Wildman–Crippen MR) is 44.5 cm³/mol. The molecule has 1 nitrogen and oxygen atoms in total. The fraction of sp³-hybridized carbons (Fsp3) is 0.857. The SMILES string of the molecule is CC(CCl)CC(C)C(=O)Cl. The maximum atomic E-state index is 10.5. The van der Waals surface area contributed by atoms with Gasteiger partial charge in [0.25, 0.3) is 0 Å². The first-order valence-corrected chi connectivity index (χ1v) is 4.24. The molecule has 3 heteroatoms. The standard InChI is InChI=1S/C7H12Cl2O/c1-5(4-8)3-6(2)7(9)10/h5-6H,3-4H2,1-2H3. The van der Waals surface area contributed by atoms with Crippen molar-refractivity contribution in [3.8, 4) is 0 Å². The first-order valence-electron chi connectivity index (χ1n) is 3.33. The van der Waals surface area contributed by atoms with Crippen LogP contribution in [0.1, 0.15) is 20.3 Å². The van der Waals surface area contributed by atoms with Crippen molar-refractivity contribution in [2.45, 2.75) is 20.3 Å². The van der Waals surface area contributed by atoms with Crippen LogP contribution >= 0.6 is 23.2 Å². The van der Waals surface area contributed by atoms with Crippen LogP contribution in [0.5, 0.6) is 0 Å². The Bertz CT molecular complexity index is 114. The summed E-state index contributed by atoms with van der Waals surface area (Å²) in [4.78, 5) is 10.5. The van der Waals surface area contributed by atoms with Crippen LogP contribution in [0.25, 0.3) is 0 Å². The van der Waals surface area contributed by atoms with Gasteiger partial charge in [0.15, 0.2) is 0 Å². The zero-order chi connectivity index (χ0) is 8.15. The van der Waals surface area contributed by atoms with Gasteiger partial charge in [-0.3, -0.25) is 4.79 Å². The first kappa shape index (κ1) is 10.2. The highest BCUT2D eigenvalue weighted by atomic mass is 35.5. The van der Waals surface area contributed by atoms with Gasteiger partial charge in [-0.1, -0.05) is 13.8 Å². The number of rotatable bonds is 4. The molecule has 0 heterocycles. The lowest BCUT2D eigenvalue weighted by molar-refractivity contribution is -0.115. The number of carbonyl (C=O) groups is 1. The van der Waals surface area contributed by atoms with Crippen molar-refractivity contribution in [2.24, 2.45) is 11.8 Å². The summed E-state index contributed by atoms with van der Waals surface area (Å²) in [6.45, 7) is 3.82. The van der Waals surface area contributed by atoms with Crippen molar-refractivity contribution in [3.63, 3.8) is 0 Å². The summed E-state index contributed by atoms with van der Waals surface area (Å²) in [7, 11) is 0. The number of hydrogen-bond donors (Lipinski definition) is 0. The third-order valence-electron chi connectivity index (χ3n) is 1.41. The molecule has 0 rings (SSSR count). The van der Waals surface area contributed by atoms with Crippen LogP contribution in [-0.4, -0.2) is 11.1 Å². The molecular formula is C7H12Cl2O. The van der Waals surface area contributed by atoms with Gasteiger partial charge in [-0.25, -0.2) is 0 Å². The van der Waals surface area contributed by atoms with Crippen LogP contribution in [0.2, 0.25) is 0 Å². The molecule has 2 unspecified atom stereocenters. The van der Waals surface area contributed by atoms with Gasteiger partial charge in [-0.15, -0.1) is 11.6 Å². The zero-order valence-electron chi connectivity index (χ0n) is 6.23. The molecule has 10 heavy (non-hydrogen) atoms. The quantitative estimate of drug-likeness (QED) is 0.483. The second-order valence-corrected chi connectivity index (χ2v) is 3.38. The Morgan fingerprint density at radius 3 is 2.30 bits per heavy atom. The summed E-state index contributed by atoms with van der Waals surface area (Å²) in [6, 6.07) is 0. The molecule has 2 atom stereocenters. The summed E-state index contributed by atoms with van der Waals surface area (Å²) < 4.78 is 0. The van der Waals surface area contributed by atoms with E-state index in [-0.39, 0.29) is 11.2 Å². The summed E-state index contributed by atoms with van der Waals surface area (Å²) in [5.41, 5.74) is 0. The van der Waals surface area contributed by atoms with Gasteiger partial charge in [0, 0.05) is 11.8 Å². The van der Waals surface area contributed by atoms with E-state index >= 15 is 0 Å². The molecule has 0 saturated heterocycles. The molecule has 0 aromatic heterocycles. The van der Waals surface area contributed by atoms with E-state index in [0.717, 1.165) is 6.42 Å². The van der Waals surface area contributed by atoms with Crippen molar-refractivity contribution in [3.05, 3.63) is 0 Å². The van der Waals surface area contributed by atoms with Gasteiger partial charge in [-0.2, -0.15) is 0 Å². The normalized spacial score (nSPS) is 16.4. The van der Waals surface area contributed by atoms with E-state index in [4.69, 9.17) is 23.2 Å². The summed E-state index contributed by atoms with van der Waals surface area (Å²) in [5, 5.41) is -0.267. The number of alkyl halides is 1. The lowest BCUT2D eigenvalue weighted by Gasteiger charge is -2.09. The first-order chi connectivity index (χ1) is 4.57. The molecule has 0 amide bonds. The van der Waals surface area contributed by atoms with Crippen LogP contribution in [0.4, 0.5) is 0 Å². The average molecular weight is 183 g/mol. The Hall–Kier alpha value is 0.250. The molecule has 0 N–H and O–H groups in total. The maximum absolute atomic E-state index is 10.5. The molecule has 0 aromatic rings. The molecule has 0 saturated carbocycles. The highest BCUT2D eigenvalue weighted by molar-refractivity contribution is 6.63. The van der Waals surface area contributed by atoms with Crippen LogP contribution in [-0.2, 0) is 4.79 Å². The van der Waals surface area contributed by atoms with E-state index < -0.39 is 0 Å². The van der Waals surface area contributed by atoms with Crippen molar-refractivity contribution in [1.29, 1.82) is 0 Å². The monoisotopic (exact) mass is 182 g/mol. The lowest BCUT2D eigenvalue weighted by Crippen LogP contribution is -2.09. The van der Waals surface area contributed by atoms with Crippen molar-refractivity contribution in [1.82, 2.24) is 0 Å². The Kier molecular flexibility index (Phi) is 5.10. The van der Waals surface area contributed by atoms with Gasteiger partial charge in [0.2, 0.25) is 5.24 Å². The molecule has 0 fully saturated rings. The fourth-order valence-electron chi connectivity index (χ4n) is 0.759. The molecule has 60 valence electrons. The maximum Gasteiger partial charge on any atom is 0.224 e. The minimum atomic E-state index is -0.267. The van der Waals surface area contributed by atoms with Gasteiger partial charge < -0.3 is 0 Å². The number of carbonyl (C=O) groups excluding carboxylic acids is 1. The van der Waals surface area contributed by atoms with Crippen LogP contribution in [0.15, 0.2) is 0 Å². The highest BCUT2D eigenvalue weighted by Crippen LogP contribution is 2.14. The summed E-state index contributed by atoms with van der Waals surface area (Å²) in [6.07, 6.45) is 0.784. The van der Waals surface area contributed by atoms with Crippen LogP contribution in [0.3, 0.4) is 0 Å². The Morgan fingerprint density at radius 2 is 2.00 bits per heavy atom. The number of halogens is 2. The van der Waals surface area contributed by atoms with Crippen molar-refractivity contribution in [2.75, 3.05) is 5.88 Å². The van der Waals surface area contributed by atoms with Gasteiger partial charge in [-0.05, 0) is 23.9 Å². The second-order valence-electron chi connectivity index (χ2n) is 2.70. The molecule has 0 aliphatic rings. The van der Waals surface area contributed by atoms with E-state index in [1.165, 1.54) is 0 Å². The lowest BCUT2D eigenvalue weighted by atomic mass is 10.0. The zero-order valence-corrected chi connectivity index (χ0v) is 7.74. The van der Waals surface area contributed by atoms with Gasteiger partial charge >= 0.3 is 0 Å². The minimum Gasteiger partial charge on any atom is -0.281 e. The summed E-state index contributed by atoms with van der Waals surface area (Å²) in [5.74, 6) is 0.906. The molecule has 0 bridgehead atoms. The highest BCUT2D eigenvalue weighted by Gasteiger charge is 2.12. The Balaban J connectivity index is 3.56. The minimum absolute atomic E-state index is 0.0598. The van der Waals surface area contributed by atoms with E-state index in [0.29, 0.717) is 11.8 Å². The topological polar surface area (TPSA) is 17.1 Å².